The SMILES string of the molecule is Cc1nc(C(=O)NCC(CCO)c2ccccc2)no1. The number of carbonyl (C=O) groups is 1. The van der Waals surface area contributed by atoms with E-state index >= 15 is 0 Å². The fraction of sp³-hybridized carbons (Fsp3) is 0.357. The smallest absolute Gasteiger partial charge is 0.292 e. The molecule has 0 bridgehead atoms. The van der Waals surface area contributed by atoms with Gasteiger partial charge in [0.05, 0.1) is 0 Å². The topological polar surface area (TPSA) is 88.2 Å². The molecular weight excluding hydrogens is 258 g/mol. The molecule has 106 valence electrons. The first kappa shape index (κ1) is 14.2. The molecule has 1 unspecified atom stereocenters. The normalized spacial score (nSPS) is 12.1. The Morgan fingerprint density at radius 1 is 1.40 bits per heavy atom. The van der Waals surface area contributed by atoms with Gasteiger partial charge in [-0.3, -0.25) is 4.79 Å². The Morgan fingerprint density at radius 2 is 2.15 bits per heavy atom. The van der Waals surface area contributed by atoms with Crippen molar-refractivity contribution in [2.45, 2.75) is 19.3 Å². The Kier molecular flexibility index (Phi) is 4.84. The van der Waals surface area contributed by atoms with Crippen LogP contribution in [-0.4, -0.2) is 34.3 Å². The molecule has 2 aromatic rings. The van der Waals surface area contributed by atoms with Gasteiger partial charge in [0.15, 0.2) is 0 Å². The van der Waals surface area contributed by atoms with E-state index in [-0.39, 0.29) is 24.3 Å². The van der Waals surface area contributed by atoms with E-state index in [1.807, 2.05) is 30.3 Å². The van der Waals surface area contributed by atoms with E-state index in [0.717, 1.165) is 5.56 Å². The summed E-state index contributed by atoms with van der Waals surface area (Å²) < 4.78 is 4.76. The molecule has 1 aromatic carbocycles. The van der Waals surface area contributed by atoms with Crippen molar-refractivity contribution in [1.82, 2.24) is 15.5 Å². The fourth-order valence-electron chi connectivity index (χ4n) is 1.95. The lowest BCUT2D eigenvalue weighted by Crippen LogP contribution is -2.29. The molecule has 0 aliphatic heterocycles. The maximum atomic E-state index is 11.8. The molecule has 1 aromatic heterocycles. The Labute approximate surface area is 116 Å². The second-order valence-electron chi connectivity index (χ2n) is 4.47. The van der Waals surface area contributed by atoms with Crippen molar-refractivity contribution in [2.24, 2.45) is 0 Å². The van der Waals surface area contributed by atoms with Crippen molar-refractivity contribution >= 4 is 5.91 Å². The summed E-state index contributed by atoms with van der Waals surface area (Å²) in [5, 5.41) is 15.5. The highest BCUT2D eigenvalue weighted by Gasteiger charge is 2.16. The number of hydrogen-bond donors (Lipinski definition) is 2. The minimum atomic E-state index is -0.374. The predicted molar refractivity (Wildman–Crippen MR) is 72.3 cm³/mol. The number of nitrogens with zero attached hydrogens (tertiary/aromatic N) is 2. The lowest BCUT2D eigenvalue weighted by molar-refractivity contribution is 0.0936. The highest BCUT2D eigenvalue weighted by molar-refractivity contribution is 5.90. The Hall–Kier alpha value is -2.21. The van der Waals surface area contributed by atoms with Crippen molar-refractivity contribution in [3.8, 4) is 0 Å². The van der Waals surface area contributed by atoms with Gasteiger partial charge >= 0.3 is 0 Å². The van der Waals surface area contributed by atoms with E-state index in [1.54, 1.807) is 6.92 Å². The summed E-state index contributed by atoms with van der Waals surface area (Å²) >= 11 is 0. The molecule has 0 fully saturated rings. The highest BCUT2D eigenvalue weighted by atomic mass is 16.5. The van der Waals surface area contributed by atoms with Crippen molar-refractivity contribution in [2.75, 3.05) is 13.2 Å². The third-order valence-electron chi connectivity index (χ3n) is 2.99. The van der Waals surface area contributed by atoms with E-state index in [0.29, 0.717) is 18.9 Å². The fourth-order valence-corrected chi connectivity index (χ4v) is 1.95. The molecule has 6 heteroatoms. The summed E-state index contributed by atoms with van der Waals surface area (Å²) in [5.41, 5.74) is 1.08. The van der Waals surface area contributed by atoms with Crippen molar-refractivity contribution in [3.05, 3.63) is 47.6 Å². The summed E-state index contributed by atoms with van der Waals surface area (Å²) in [5.74, 6) is 0.0577. The lowest BCUT2D eigenvalue weighted by atomic mass is 9.96. The molecule has 0 spiro atoms. The summed E-state index contributed by atoms with van der Waals surface area (Å²) in [7, 11) is 0. The standard InChI is InChI=1S/C14H17N3O3/c1-10-16-13(17-20-10)14(19)15-9-12(7-8-18)11-5-3-2-4-6-11/h2-6,12,18H,7-9H2,1H3,(H,15,19). The molecule has 0 saturated heterocycles. The van der Waals surface area contributed by atoms with E-state index in [1.165, 1.54) is 0 Å². The van der Waals surface area contributed by atoms with Crippen LogP contribution in [-0.2, 0) is 0 Å². The number of aliphatic hydroxyl groups is 1. The van der Waals surface area contributed by atoms with Crippen LogP contribution < -0.4 is 5.32 Å². The molecular formula is C14H17N3O3. The third-order valence-corrected chi connectivity index (χ3v) is 2.99. The van der Waals surface area contributed by atoms with E-state index < -0.39 is 0 Å². The minimum absolute atomic E-state index is 0.0262. The van der Waals surface area contributed by atoms with Gasteiger partial charge in [0, 0.05) is 26.0 Å². The van der Waals surface area contributed by atoms with Gasteiger partial charge in [0.2, 0.25) is 5.89 Å². The molecule has 1 amide bonds. The molecule has 6 nitrogen and oxygen atoms in total. The minimum Gasteiger partial charge on any atom is -0.396 e. The zero-order valence-electron chi connectivity index (χ0n) is 11.2. The number of rotatable bonds is 6. The molecule has 2 N–H and O–H groups in total. The molecule has 20 heavy (non-hydrogen) atoms. The van der Waals surface area contributed by atoms with Gasteiger partial charge in [-0.05, 0) is 12.0 Å². The molecule has 1 atom stereocenters. The quantitative estimate of drug-likeness (QED) is 0.829. The van der Waals surface area contributed by atoms with Crippen LogP contribution >= 0.6 is 0 Å². The second-order valence-corrected chi connectivity index (χ2v) is 4.47. The summed E-state index contributed by atoms with van der Waals surface area (Å²) in [4.78, 5) is 15.7. The predicted octanol–water partition coefficient (Wildman–Crippen LogP) is 1.27. The largest absolute Gasteiger partial charge is 0.396 e. The average molecular weight is 275 g/mol. The first-order chi connectivity index (χ1) is 9.70. The number of hydrogen-bond acceptors (Lipinski definition) is 5. The van der Waals surface area contributed by atoms with Gasteiger partial charge in [-0.25, -0.2) is 0 Å². The zero-order chi connectivity index (χ0) is 14.4. The maximum absolute atomic E-state index is 11.8. The van der Waals surface area contributed by atoms with Crippen LogP contribution in [0.25, 0.3) is 0 Å². The first-order valence-corrected chi connectivity index (χ1v) is 6.45. The summed E-state index contributed by atoms with van der Waals surface area (Å²) in [6, 6.07) is 9.75. The Morgan fingerprint density at radius 3 is 2.75 bits per heavy atom. The number of aryl methyl sites for hydroxylation is 1. The van der Waals surface area contributed by atoms with E-state index in [9.17, 15) is 4.79 Å². The Balaban J connectivity index is 1.97. The number of aliphatic hydroxyl groups excluding tert-OH is 1. The van der Waals surface area contributed by atoms with Crippen molar-refractivity contribution in [3.63, 3.8) is 0 Å². The number of aromatic nitrogens is 2. The molecule has 0 saturated carbocycles. The zero-order valence-corrected chi connectivity index (χ0v) is 11.2. The van der Waals surface area contributed by atoms with Crippen LogP contribution in [0.2, 0.25) is 0 Å². The van der Waals surface area contributed by atoms with Crippen LogP contribution in [0.15, 0.2) is 34.9 Å². The van der Waals surface area contributed by atoms with Gasteiger partial charge < -0.3 is 14.9 Å². The number of benzene rings is 1. The van der Waals surface area contributed by atoms with Gasteiger partial charge in [0.1, 0.15) is 0 Å². The van der Waals surface area contributed by atoms with Gasteiger partial charge in [0.25, 0.3) is 11.7 Å². The second kappa shape index (κ2) is 6.81. The van der Waals surface area contributed by atoms with Crippen LogP contribution in [0.3, 0.4) is 0 Å². The third kappa shape index (κ3) is 3.64. The molecule has 0 aliphatic carbocycles. The van der Waals surface area contributed by atoms with Crippen LogP contribution in [0.4, 0.5) is 0 Å². The lowest BCUT2D eigenvalue weighted by Gasteiger charge is -2.16. The molecule has 0 radical (unpaired) electrons. The van der Waals surface area contributed by atoms with Gasteiger partial charge in [-0.15, -0.1) is 0 Å². The van der Waals surface area contributed by atoms with Crippen LogP contribution in [0, 0.1) is 6.92 Å². The van der Waals surface area contributed by atoms with Crippen LogP contribution in [0.5, 0.6) is 0 Å². The Bertz CT molecular complexity index is 554. The number of amides is 1. The maximum Gasteiger partial charge on any atom is 0.292 e. The van der Waals surface area contributed by atoms with Crippen molar-refractivity contribution < 1.29 is 14.4 Å². The first-order valence-electron chi connectivity index (χ1n) is 6.45. The summed E-state index contributed by atoms with van der Waals surface area (Å²) in [6.07, 6.45) is 0.579. The van der Waals surface area contributed by atoms with E-state index in [4.69, 9.17) is 9.63 Å². The van der Waals surface area contributed by atoms with Gasteiger partial charge in [-0.2, -0.15) is 4.98 Å². The molecule has 2 rings (SSSR count). The summed E-state index contributed by atoms with van der Waals surface area (Å²) in [6.45, 7) is 2.11. The monoisotopic (exact) mass is 275 g/mol. The highest BCUT2D eigenvalue weighted by Crippen LogP contribution is 2.18. The molecule has 1 heterocycles. The van der Waals surface area contributed by atoms with Gasteiger partial charge in [-0.1, -0.05) is 35.5 Å². The number of carbonyl (C=O) groups excluding carboxylic acids is 1. The average Bonchev–Trinajstić information content (AvgIpc) is 2.91. The van der Waals surface area contributed by atoms with Crippen LogP contribution in [0.1, 0.15) is 34.4 Å². The molecule has 0 aliphatic rings. The van der Waals surface area contributed by atoms with Crippen molar-refractivity contribution in [1.29, 1.82) is 0 Å². The number of nitrogens with one attached hydrogen (secondary N) is 1. The van der Waals surface area contributed by atoms with E-state index in [2.05, 4.69) is 15.5 Å².